The van der Waals surface area contributed by atoms with E-state index in [2.05, 4.69) is 9.97 Å². The van der Waals surface area contributed by atoms with E-state index in [0.29, 0.717) is 5.69 Å². The molecule has 0 atom stereocenters. The number of nitrogens with zero attached hydrogens (tertiary/aromatic N) is 1. The molecule has 0 saturated heterocycles. The molecular formula is C7H4N2O2. The minimum absolute atomic E-state index is 0.220. The molecule has 4 nitrogen and oxygen atoms in total. The average Bonchev–Trinajstić information content (AvgIpc) is 2.45. The highest BCUT2D eigenvalue weighted by Crippen LogP contribution is 2.11. The second kappa shape index (κ2) is 1.88. The molecule has 1 heterocycles. The maximum Gasteiger partial charge on any atom is 0.253 e. The van der Waals surface area contributed by atoms with Gasteiger partial charge >= 0.3 is 0 Å². The first-order valence-electron chi connectivity index (χ1n) is 3.09. The van der Waals surface area contributed by atoms with E-state index in [4.69, 9.17) is 0 Å². The topological polar surface area (TPSA) is 62.8 Å². The molecule has 1 aromatic rings. The smallest absolute Gasteiger partial charge is 0.253 e. The number of rotatable bonds is 0. The molecule has 54 valence electrons. The molecular weight excluding hydrogens is 144 g/mol. The van der Waals surface area contributed by atoms with Gasteiger partial charge in [0.2, 0.25) is 5.78 Å². The molecule has 1 N–H and O–H groups in total. The highest BCUT2D eigenvalue weighted by Gasteiger charge is 2.22. The fourth-order valence-electron chi connectivity index (χ4n) is 0.964. The fourth-order valence-corrected chi connectivity index (χ4v) is 0.964. The Hall–Kier alpha value is -1.71. The maximum absolute atomic E-state index is 11.0. The van der Waals surface area contributed by atoms with Crippen molar-refractivity contribution >= 4 is 17.6 Å². The normalized spacial score (nSPS) is 15.3. The SMILES string of the molecule is O=C1C=Cc2[nH]cnc2C1=O. The van der Waals surface area contributed by atoms with Crippen molar-refractivity contribution in [2.24, 2.45) is 0 Å². The number of Topliss-reactive ketones (excluding diaryl/α,β-unsaturated/α-hetero) is 1. The Morgan fingerprint density at radius 1 is 1.27 bits per heavy atom. The van der Waals surface area contributed by atoms with E-state index >= 15 is 0 Å². The number of carbonyl (C=O) groups is 2. The van der Waals surface area contributed by atoms with Crippen molar-refractivity contribution in [2.45, 2.75) is 0 Å². The van der Waals surface area contributed by atoms with Crippen molar-refractivity contribution < 1.29 is 9.59 Å². The molecule has 1 aliphatic rings. The second-order valence-electron chi connectivity index (χ2n) is 2.19. The Bertz CT molecular complexity index is 362. The van der Waals surface area contributed by atoms with Gasteiger partial charge in [-0.2, -0.15) is 0 Å². The van der Waals surface area contributed by atoms with Crippen LogP contribution in [0.4, 0.5) is 0 Å². The first-order valence-corrected chi connectivity index (χ1v) is 3.09. The third-order valence-corrected chi connectivity index (χ3v) is 1.51. The summed E-state index contributed by atoms with van der Waals surface area (Å²) in [4.78, 5) is 28.2. The van der Waals surface area contributed by atoms with Crippen LogP contribution in [0, 0.1) is 0 Å². The van der Waals surface area contributed by atoms with Crippen LogP contribution in [0.2, 0.25) is 0 Å². The molecule has 1 aromatic heterocycles. The van der Waals surface area contributed by atoms with Crippen LogP contribution in [0.1, 0.15) is 16.2 Å². The lowest BCUT2D eigenvalue weighted by molar-refractivity contribution is -0.111. The third kappa shape index (κ3) is 0.724. The Morgan fingerprint density at radius 2 is 2.09 bits per heavy atom. The first-order chi connectivity index (χ1) is 5.29. The lowest BCUT2D eigenvalue weighted by atomic mass is 10.1. The van der Waals surface area contributed by atoms with Gasteiger partial charge in [-0.15, -0.1) is 0 Å². The summed E-state index contributed by atoms with van der Waals surface area (Å²) in [5.41, 5.74) is 0.826. The van der Waals surface area contributed by atoms with Gasteiger partial charge in [0.05, 0.1) is 12.0 Å². The first kappa shape index (κ1) is 6.03. The molecule has 2 rings (SSSR count). The molecule has 4 heteroatoms. The average molecular weight is 148 g/mol. The monoisotopic (exact) mass is 148 g/mol. The van der Waals surface area contributed by atoms with Gasteiger partial charge in [-0.25, -0.2) is 4.98 Å². The van der Waals surface area contributed by atoms with E-state index in [1.165, 1.54) is 12.4 Å². The van der Waals surface area contributed by atoms with E-state index in [9.17, 15) is 9.59 Å². The van der Waals surface area contributed by atoms with E-state index < -0.39 is 11.6 Å². The highest BCUT2D eigenvalue weighted by molar-refractivity contribution is 6.49. The predicted octanol–water partition coefficient (Wildman–Crippen LogP) is 0.188. The molecule has 0 spiro atoms. The molecule has 11 heavy (non-hydrogen) atoms. The van der Waals surface area contributed by atoms with E-state index in [1.807, 2.05) is 0 Å². The van der Waals surface area contributed by atoms with Gasteiger partial charge < -0.3 is 4.98 Å². The number of fused-ring (bicyclic) bond motifs is 1. The summed E-state index contributed by atoms with van der Waals surface area (Å²) in [7, 11) is 0. The van der Waals surface area contributed by atoms with E-state index in [0.717, 1.165) is 0 Å². The molecule has 0 bridgehead atoms. The summed E-state index contributed by atoms with van der Waals surface area (Å²) in [6, 6.07) is 0. The number of hydrogen-bond acceptors (Lipinski definition) is 3. The largest absolute Gasteiger partial charge is 0.344 e. The molecule has 0 aliphatic heterocycles. The summed E-state index contributed by atoms with van der Waals surface area (Å²) in [5, 5.41) is 0. The third-order valence-electron chi connectivity index (χ3n) is 1.51. The summed E-state index contributed by atoms with van der Waals surface area (Å²) in [5.74, 6) is -1.05. The summed E-state index contributed by atoms with van der Waals surface area (Å²) >= 11 is 0. The van der Waals surface area contributed by atoms with Crippen molar-refractivity contribution in [3.63, 3.8) is 0 Å². The van der Waals surface area contributed by atoms with Gasteiger partial charge in [-0.3, -0.25) is 9.59 Å². The molecule has 0 fully saturated rings. The van der Waals surface area contributed by atoms with Crippen molar-refractivity contribution in [1.82, 2.24) is 9.97 Å². The van der Waals surface area contributed by atoms with Gasteiger partial charge in [-0.1, -0.05) is 0 Å². The van der Waals surface area contributed by atoms with Crippen LogP contribution in [0.3, 0.4) is 0 Å². The van der Waals surface area contributed by atoms with Gasteiger partial charge in [0, 0.05) is 0 Å². The Kier molecular flexibility index (Phi) is 1.03. The molecule has 1 aliphatic carbocycles. The predicted molar refractivity (Wildman–Crippen MR) is 37.0 cm³/mol. The zero-order valence-electron chi connectivity index (χ0n) is 5.50. The van der Waals surface area contributed by atoms with Crippen LogP contribution < -0.4 is 0 Å². The maximum atomic E-state index is 11.0. The molecule has 0 amide bonds. The van der Waals surface area contributed by atoms with Crippen LogP contribution in [-0.4, -0.2) is 21.5 Å². The quantitative estimate of drug-likeness (QED) is 0.534. The number of aromatic amines is 1. The van der Waals surface area contributed by atoms with Crippen molar-refractivity contribution in [2.75, 3.05) is 0 Å². The molecule has 0 unspecified atom stereocenters. The number of H-pyrrole nitrogens is 1. The number of carbonyl (C=O) groups excluding carboxylic acids is 2. The fraction of sp³-hybridized carbons (Fsp3) is 0. The van der Waals surface area contributed by atoms with E-state index in [1.54, 1.807) is 6.08 Å². The molecule has 0 aromatic carbocycles. The van der Waals surface area contributed by atoms with Crippen molar-refractivity contribution in [3.8, 4) is 0 Å². The number of ketones is 2. The van der Waals surface area contributed by atoms with Gasteiger partial charge in [0.25, 0.3) is 5.78 Å². The van der Waals surface area contributed by atoms with E-state index in [-0.39, 0.29) is 5.69 Å². The second-order valence-corrected chi connectivity index (χ2v) is 2.19. The standard InChI is InChI=1S/C7H4N2O2/c10-5-2-1-4-6(7(5)11)9-3-8-4/h1-3H,(H,8,9). The molecule has 0 radical (unpaired) electrons. The van der Waals surface area contributed by atoms with Crippen LogP contribution in [0.25, 0.3) is 6.08 Å². The summed E-state index contributed by atoms with van der Waals surface area (Å²) in [6.07, 6.45) is 4.18. The van der Waals surface area contributed by atoms with Gasteiger partial charge in [0.15, 0.2) is 0 Å². The van der Waals surface area contributed by atoms with Gasteiger partial charge in [-0.05, 0) is 12.2 Å². The number of aromatic nitrogens is 2. The Balaban J connectivity index is 2.66. The van der Waals surface area contributed by atoms with Crippen molar-refractivity contribution in [3.05, 3.63) is 23.8 Å². The lowest BCUT2D eigenvalue weighted by Gasteiger charge is -1.98. The Morgan fingerprint density at radius 3 is 2.91 bits per heavy atom. The number of imidazole rings is 1. The minimum atomic E-state index is -0.538. The van der Waals surface area contributed by atoms with Crippen LogP contribution in [0.15, 0.2) is 12.4 Å². The summed E-state index contributed by atoms with van der Waals surface area (Å²) in [6.45, 7) is 0. The van der Waals surface area contributed by atoms with Crippen LogP contribution in [-0.2, 0) is 4.79 Å². The number of hydrogen-bond donors (Lipinski definition) is 1. The summed E-state index contributed by atoms with van der Waals surface area (Å²) < 4.78 is 0. The van der Waals surface area contributed by atoms with Gasteiger partial charge in [0.1, 0.15) is 5.69 Å². The lowest BCUT2D eigenvalue weighted by Crippen LogP contribution is -2.15. The van der Waals surface area contributed by atoms with Crippen LogP contribution >= 0.6 is 0 Å². The number of nitrogens with one attached hydrogen (secondary N) is 1. The van der Waals surface area contributed by atoms with Crippen LogP contribution in [0.5, 0.6) is 0 Å². The minimum Gasteiger partial charge on any atom is -0.344 e. The zero-order chi connectivity index (χ0) is 7.84. The van der Waals surface area contributed by atoms with Crippen molar-refractivity contribution in [1.29, 1.82) is 0 Å². The highest BCUT2D eigenvalue weighted by atomic mass is 16.2. The number of allylic oxidation sites excluding steroid dienone is 1. The molecule has 0 saturated carbocycles. The zero-order valence-corrected chi connectivity index (χ0v) is 5.50. The Labute approximate surface area is 61.9 Å².